The number of aliphatic imine (C=N–C) groups is 1. The number of nitrogens with zero attached hydrogens (tertiary/aromatic N) is 2. The number of hydrogen-bond acceptors (Lipinski definition) is 4. The van der Waals surface area contributed by atoms with Gasteiger partial charge in [0, 0.05) is 32.3 Å². The standard InChI is InChI=1S/C21H36N4O2/c1-4-22-21(24-17-19-8-6-7-9-20(19)27-5-2)23-16-18-10-12-25(13-11-18)14-15-26-3/h6-9,18H,4-5,10-17H2,1-3H3,(H2,22,23,24). The number of piperidine rings is 1. The van der Waals surface area contributed by atoms with Gasteiger partial charge < -0.3 is 25.0 Å². The predicted octanol–water partition coefficient (Wildman–Crippen LogP) is 2.50. The number of likely N-dealkylation sites (tertiary alicyclic amines) is 1. The molecule has 0 radical (unpaired) electrons. The summed E-state index contributed by atoms with van der Waals surface area (Å²) in [5.41, 5.74) is 1.11. The van der Waals surface area contributed by atoms with E-state index in [-0.39, 0.29) is 0 Å². The van der Waals surface area contributed by atoms with Crippen LogP contribution in [0.4, 0.5) is 0 Å². The molecule has 6 heteroatoms. The van der Waals surface area contributed by atoms with E-state index < -0.39 is 0 Å². The summed E-state index contributed by atoms with van der Waals surface area (Å²) in [5, 5.41) is 6.88. The van der Waals surface area contributed by atoms with Crippen molar-refractivity contribution in [1.29, 1.82) is 0 Å². The number of rotatable bonds is 10. The summed E-state index contributed by atoms with van der Waals surface area (Å²) in [7, 11) is 1.77. The average Bonchev–Trinajstić information content (AvgIpc) is 2.70. The van der Waals surface area contributed by atoms with Crippen molar-refractivity contribution in [3.8, 4) is 5.75 Å². The number of guanidine groups is 1. The van der Waals surface area contributed by atoms with Crippen molar-refractivity contribution >= 4 is 5.96 Å². The van der Waals surface area contributed by atoms with Gasteiger partial charge in [0.15, 0.2) is 5.96 Å². The van der Waals surface area contributed by atoms with Crippen LogP contribution >= 0.6 is 0 Å². The number of para-hydroxylation sites is 1. The first-order valence-corrected chi connectivity index (χ1v) is 10.2. The molecule has 1 saturated heterocycles. The average molecular weight is 377 g/mol. The molecule has 0 bridgehead atoms. The SMILES string of the molecule is CCNC(=NCc1ccccc1OCC)NCC1CCN(CCOC)CC1. The molecule has 1 heterocycles. The van der Waals surface area contributed by atoms with Gasteiger partial charge in [-0.25, -0.2) is 4.99 Å². The van der Waals surface area contributed by atoms with Crippen LogP contribution in [-0.2, 0) is 11.3 Å². The number of ether oxygens (including phenoxy) is 2. The lowest BCUT2D eigenvalue weighted by molar-refractivity contribution is 0.121. The lowest BCUT2D eigenvalue weighted by Crippen LogP contribution is -2.43. The molecule has 6 nitrogen and oxygen atoms in total. The highest BCUT2D eigenvalue weighted by Gasteiger charge is 2.19. The number of benzene rings is 1. The quantitative estimate of drug-likeness (QED) is 0.485. The molecule has 2 N–H and O–H groups in total. The fourth-order valence-electron chi connectivity index (χ4n) is 3.31. The smallest absolute Gasteiger partial charge is 0.191 e. The molecule has 1 aromatic rings. The molecule has 1 aliphatic heterocycles. The molecular formula is C21H36N4O2. The molecule has 152 valence electrons. The van der Waals surface area contributed by atoms with Crippen molar-refractivity contribution in [3.63, 3.8) is 0 Å². The molecule has 0 saturated carbocycles. The Bertz CT molecular complexity index is 557. The Kier molecular flexibility index (Phi) is 10.0. The zero-order valence-corrected chi connectivity index (χ0v) is 17.2. The second kappa shape index (κ2) is 12.6. The van der Waals surface area contributed by atoms with Crippen LogP contribution in [0.5, 0.6) is 5.75 Å². The highest BCUT2D eigenvalue weighted by Crippen LogP contribution is 2.19. The maximum absolute atomic E-state index is 5.70. The number of hydrogen-bond donors (Lipinski definition) is 2. The van der Waals surface area contributed by atoms with Crippen LogP contribution in [0.1, 0.15) is 32.3 Å². The molecule has 1 fully saturated rings. The molecule has 0 amide bonds. The maximum atomic E-state index is 5.70. The molecule has 0 aliphatic carbocycles. The number of methoxy groups -OCH3 is 1. The molecule has 1 aliphatic rings. The summed E-state index contributed by atoms with van der Waals surface area (Å²) >= 11 is 0. The van der Waals surface area contributed by atoms with Crippen molar-refractivity contribution < 1.29 is 9.47 Å². The third kappa shape index (κ3) is 7.77. The van der Waals surface area contributed by atoms with Gasteiger partial charge >= 0.3 is 0 Å². The Hall–Kier alpha value is -1.79. The molecule has 0 unspecified atom stereocenters. The van der Waals surface area contributed by atoms with E-state index in [1.165, 1.54) is 12.8 Å². The monoisotopic (exact) mass is 376 g/mol. The molecule has 0 atom stereocenters. The van der Waals surface area contributed by atoms with E-state index in [0.29, 0.717) is 19.1 Å². The van der Waals surface area contributed by atoms with E-state index in [4.69, 9.17) is 14.5 Å². The zero-order chi connectivity index (χ0) is 19.3. The Balaban J connectivity index is 1.82. The van der Waals surface area contributed by atoms with E-state index in [2.05, 4.69) is 28.5 Å². The van der Waals surface area contributed by atoms with Crippen molar-refractivity contribution in [2.24, 2.45) is 10.9 Å². The minimum Gasteiger partial charge on any atom is -0.494 e. The summed E-state index contributed by atoms with van der Waals surface area (Å²) in [6, 6.07) is 8.12. The van der Waals surface area contributed by atoms with Crippen molar-refractivity contribution in [1.82, 2.24) is 15.5 Å². The summed E-state index contributed by atoms with van der Waals surface area (Å²) in [6.07, 6.45) is 2.45. The molecular weight excluding hydrogens is 340 g/mol. The fourth-order valence-corrected chi connectivity index (χ4v) is 3.31. The van der Waals surface area contributed by atoms with Crippen LogP contribution in [0.3, 0.4) is 0 Å². The van der Waals surface area contributed by atoms with Crippen molar-refractivity contribution in [3.05, 3.63) is 29.8 Å². The zero-order valence-electron chi connectivity index (χ0n) is 17.2. The largest absolute Gasteiger partial charge is 0.494 e. The van der Waals surface area contributed by atoms with Crippen LogP contribution in [-0.4, -0.2) is 63.9 Å². The van der Waals surface area contributed by atoms with E-state index in [9.17, 15) is 0 Å². The molecule has 0 aromatic heterocycles. The molecule has 27 heavy (non-hydrogen) atoms. The van der Waals surface area contributed by atoms with Crippen LogP contribution < -0.4 is 15.4 Å². The van der Waals surface area contributed by atoms with Gasteiger partial charge in [-0.1, -0.05) is 18.2 Å². The fraction of sp³-hybridized carbons (Fsp3) is 0.667. The summed E-state index contributed by atoms with van der Waals surface area (Å²) in [6.45, 7) is 11.4. The van der Waals surface area contributed by atoms with E-state index in [0.717, 1.165) is 56.6 Å². The van der Waals surface area contributed by atoms with Gasteiger partial charge in [0.25, 0.3) is 0 Å². The van der Waals surface area contributed by atoms with Crippen molar-refractivity contribution in [2.45, 2.75) is 33.2 Å². The van der Waals surface area contributed by atoms with E-state index in [1.807, 2.05) is 25.1 Å². The van der Waals surface area contributed by atoms with Crippen LogP contribution in [0.15, 0.2) is 29.3 Å². The minimum absolute atomic E-state index is 0.612. The van der Waals surface area contributed by atoms with E-state index >= 15 is 0 Å². The first-order valence-electron chi connectivity index (χ1n) is 10.2. The van der Waals surface area contributed by atoms with Crippen LogP contribution in [0.2, 0.25) is 0 Å². The van der Waals surface area contributed by atoms with Crippen LogP contribution in [0.25, 0.3) is 0 Å². The molecule has 1 aromatic carbocycles. The highest BCUT2D eigenvalue weighted by molar-refractivity contribution is 5.79. The normalized spacial score (nSPS) is 16.3. The Morgan fingerprint density at radius 1 is 1.19 bits per heavy atom. The summed E-state index contributed by atoms with van der Waals surface area (Å²) in [5.74, 6) is 2.50. The highest BCUT2D eigenvalue weighted by atomic mass is 16.5. The summed E-state index contributed by atoms with van der Waals surface area (Å²) < 4.78 is 10.9. The van der Waals surface area contributed by atoms with Crippen molar-refractivity contribution in [2.75, 3.05) is 53.0 Å². The second-order valence-electron chi connectivity index (χ2n) is 6.89. The van der Waals surface area contributed by atoms with Gasteiger partial charge in [0.2, 0.25) is 0 Å². The van der Waals surface area contributed by atoms with Gasteiger partial charge in [-0.05, 0) is 51.8 Å². The Labute approximate surface area is 164 Å². The minimum atomic E-state index is 0.612. The van der Waals surface area contributed by atoms with Gasteiger partial charge in [-0.2, -0.15) is 0 Å². The third-order valence-corrected chi connectivity index (χ3v) is 4.90. The third-order valence-electron chi connectivity index (χ3n) is 4.90. The first kappa shape index (κ1) is 21.5. The predicted molar refractivity (Wildman–Crippen MR) is 111 cm³/mol. The van der Waals surface area contributed by atoms with Crippen LogP contribution in [0, 0.1) is 5.92 Å². The lowest BCUT2D eigenvalue weighted by atomic mass is 9.97. The van der Waals surface area contributed by atoms with Gasteiger partial charge in [-0.3, -0.25) is 0 Å². The van der Waals surface area contributed by atoms with Gasteiger partial charge in [0.05, 0.1) is 19.8 Å². The van der Waals surface area contributed by atoms with Gasteiger partial charge in [0.1, 0.15) is 5.75 Å². The molecule has 2 rings (SSSR count). The van der Waals surface area contributed by atoms with Gasteiger partial charge in [-0.15, -0.1) is 0 Å². The maximum Gasteiger partial charge on any atom is 0.191 e. The Morgan fingerprint density at radius 2 is 1.96 bits per heavy atom. The lowest BCUT2D eigenvalue weighted by Gasteiger charge is -2.32. The molecule has 0 spiro atoms. The number of nitrogens with one attached hydrogen (secondary N) is 2. The second-order valence-corrected chi connectivity index (χ2v) is 6.89. The summed E-state index contributed by atoms with van der Waals surface area (Å²) in [4.78, 5) is 7.24. The Morgan fingerprint density at radius 3 is 2.67 bits per heavy atom. The topological polar surface area (TPSA) is 58.1 Å². The van der Waals surface area contributed by atoms with E-state index in [1.54, 1.807) is 7.11 Å². The first-order chi connectivity index (χ1) is 13.3.